The van der Waals surface area contributed by atoms with Gasteiger partial charge in [0.05, 0.1) is 16.9 Å². The molecule has 4 rings (SSSR count). The van der Waals surface area contributed by atoms with Gasteiger partial charge in [-0.25, -0.2) is 4.99 Å². The zero-order valence-electron chi connectivity index (χ0n) is 13.5. The molecule has 4 heterocycles. The van der Waals surface area contributed by atoms with Gasteiger partial charge in [-0.1, -0.05) is 0 Å². The zero-order valence-corrected chi connectivity index (χ0v) is 13.5. The molecule has 3 aromatic rings. The van der Waals surface area contributed by atoms with Crippen LogP contribution in [0.15, 0.2) is 37.7 Å². The predicted octanol–water partition coefficient (Wildman–Crippen LogP) is 3.60. The highest BCUT2D eigenvalue weighted by Crippen LogP contribution is 2.40. The molecule has 134 valence electrons. The fraction of sp³-hybridized carbons (Fsp3) is 0.188. The Hall–Kier alpha value is -2.78. The van der Waals surface area contributed by atoms with Crippen molar-refractivity contribution in [3.8, 4) is 0 Å². The molecule has 0 fully saturated rings. The van der Waals surface area contributed by atoms with Crippen molar-refractivity contribution in [2.75, 3.05) is 0 Å². The summed E-state index contributed by atoms with van der Waals surface area (Å²) in [6.45, 7) is 3.16. The lowest BCUT2D eigenvalue weighted by Crippen LogP contribution is -2.21. The van der Waals surface area contributed by atoms with Gasteiger partial charge in [0.25, 0.3) is 0 Å². The van der Waals surface area contributed by atoms with Crippen LogP contribution in [-0.4, -0.2) is 18.1 Å². The quantitative estimate of drug-likeness (QED) is 0.513. The highest BCUT2D eigenvalue weighted by atomic mass is 19.4. The third-order valence-corrected chi connectivity index (χ3v) is 4.01. The average Bonchev–Trinajstić information content (AvgIpc) is 3.16. The predicted molar refractivity (Wildman–Crippen MR) is 84.0 cm³/mol. The van der Waals surface area contributed by atoms with Crippen LogP contribution in [0.3, 0.4) is 0 Å². The summed E-state index contributed by atoms with van der Waals surface area (Å²) < 4.78 is 79.2. The van der Waals surface area contributed by atoms with Crippen LogP contribution < -0.4 is 10.8 Å². The summed E-state index contributed by atoms with van der Waals surface area (Å²) in [5.41, 5.74) is -2.46. The Balaban J connectivity index is 2.04. The topological polar surface area (TPSA) is 43.6 Å². The summed E-state index contributed by atoms with van der Waals surface area (Å²) in [7, 11) is -3.18. The second-order valence-corrected chi connectivity index (χ2v) is 5.90. The lowest BCUT2D eigenvalue weighted by atomic mass is 10.1. The Bertz CT molecular complexity index is 1140. The Morgan fingerprint density at radius 3 is 2.38 bits per heavy atom. The number of hydrogen-bond acceptors (Lipinski definition) is 3. The third kappa shape index (κ3) is 2.48. The molecule has 0 aliphatic carbocycles. The second kappa shape index (κ2) is 5.36. The molecule has 0 saturated heterocycles. The standard InChI is InChI=1S/C16H10BF5N2O2/c1-7-3-9-13(25-7)5-10(23-9)15(16(18,19)20)12-6-14-11(4-8(2)26-14)24(12)17(21)22/h3-6H,1-2H3/b15-10+. The van der Waals surface area contributed by atoms with Crippen molar-refractivity contribution in [2.24, 2.45) is 4.99 Å². The van der Waals surface area contributed by atoms with Crippen LogP contribution in [0.5, 0.6) is 0 Å². The van der Waals surface area contributed by atoms with Crippen molar-refractivity contribution in [1.82, 2.24) is 4.48 Å². The van der Waals surface area contributed by atoms with E-state index in [2.05, 4.69) is 4.99 Å². The summed E-state index contributed by atoms with van der Waals surface area (Å²) in [6, 6.07) is 3.71. The number of rotatable bonds is 2. The Kier molecular flexibility index (Phi) is 3.44. The molecule has 0 spiro atoms. The Morgan fingerprint density at radius 2 is 1.77 bits per heavy atom. The van der Waals surface area contributed by atoms with E-state index >= 15 is 0 Å². The molecule has 26 heavy (non-hydrogen) atoms. The molecule has 0 amide bonds. The summed E-state index contributed by atoms with van der Waals surface area (Å²) in [4.78, 5) is 3.91. The zero-order chi connectivity index (χ0) is 18.8. The second-order valence-electron chi connectivity index (χ2n) is 5.90. The molecule has 10 heteroatoms. The molecule has 4 nitrogen and oxygen atoms in total. The van der Waals surface area contributed by atoms with E-state index in [4.69, 9.17) is 8.83 Å². The molecule has 1 aliphatic rings. The maximum absolute atomic E-state index is 13.8. The molecule has 0 aromatic carbocycles. The third-order valence-electron chi connectivity index (χ3n) is 4.01. The molecular formula is C16H10BF5N2O2. The highest BCUT2D eigenvalue weighted by Gasteiger charge is 2.42. The van der Waals surface area contributed by atoms with Gasteiger partial charge < -0.3 is 13.3 Å². The van der Waals surface area contributed by atoms with Gasteiger partial charge in [-0.3, -0.25) is 8.63 Å². The highest BCUT2D eigenvalue weighted by molar-refractivity contribution is 6.43. The van der Waals surface area contributed by atoms with Crippen molar-refractivity contribution in [3.63, 3.8) is 0 Å². The lowest BCUT2D eigenvalue weighted by Gasteiger charge is -2.15. The minimum absolute atomic E-state index is 0.0503. The van der Waals surface area contributed by atoms with Crippen LogP contribution in [-0.2, 0) is 0 Å². The first-order chi connectivity index (χ1) is 12.1. The molecule has 0 saturated carbocycles. The monoisotopic (exact) mass is 368 g/mol. The summed E-state index contributed by atoms with van der Waals surface area (Å²) in [5, 5.41) is 0.230. The lowest BCUT2D eigenvalue weighted by molar-refractivity contribution is -0.0695. The van der Waals surface area contributed by atoms with Crippen LogP contribution in [0.4, 0.5) is 21.8 Å². The molecule has 3 aromatic heterocycles. The minimum Gasteiger partial charge on any atom is -0.460 e. The molecular weight excluding hydrogens is 358 g/mol. The van der Waals surface area contributed by atoms with Crippen molar-refractivity contribution in [2.45, 2.75) is 20.0 Å². The van der Waals surface area contributed by atoms with Crippen LogP contribution in [0, 0.1) is 13.8 Å². The fourth-order valence-corrected chi connectivity index (χ4v) is 3.08. The number of furan rings is 2. The van der Waals surface area contributed by atoms with Gasteiger partial charge in [-0.05, 0) is 13.8 Å². The number of halogens is 5. The number of fused-ring (bicyclic) bond motifs is 2. The van der Waals surface area contributed by atoms with Gasteiger partial charge >= 0.3 is 13.6 Å². The van der Waals surface area contributed by atoms with Gasteiger partial charge in [0.2, 0.25) is 0 Å². The fourth-order valence-electron chi connectivity index (χ4n) is 3.08. The van der Waals surface area contributed by atoms with Crippen molar-refractivity contribution in [3.05, 3.63) is 51.9 Å². The SMILES string of the molecule is Cc1cc2c(o1)=C/C(=C(/c1cc3oc(C)cc3n1B(F)F)C(F)(F)F)N=2. The van der Waals surface area contributed by atoms with E-state index in [1.54, 1.807) is 6.92 Å². The smallest absolute Gasteiger partial charge is 0.460 e. The first kappa shape index (κ1) is 16.7. The van der Waals surface area contributed by atoms with Crippen LogP contribution in [0.1, 0.15) is 17.2 Å². The summed E-state index contributed by atoms with van der Waals surface area (Å²) in [6.07, 6.45) is -3.81. The molecule has 0 unspecified atom stereocenters. The molecule has 0 bridgehead atoms. The molecule has 0 atom stereocenters. The van der Waals surface area contributed by atoms with Crippen molar-refractivity contribution in [1.29, 1.82) is 0 Å². The number of nitrogens with zero attached hydrogens (tertiary/aromatic N) is 2. The van der Waals surface area contributed by atoms with Gasteiger partial charge in [0, 0.05) is 24.3 Å². The number of allylic oxidation sites excluding steroid dienone is 2. The van der Waals surface area contributed by atoms with Gasteiger partial charge in [0.1, 0.15) is 22.5 Å². The van der Waals surface area contributed by atoms with Crippen LogP contribution >= 0.6 is 0 Å². The maximum atomic E-state index is 13.8. The average molecular weight is 368 g/mol. The molecule has 0 N–H and O–H groups in total. The number of aromatic nitrogens is 1. The summed E-state index contributed by atoms with van der Waals surface area (Å²) in [5.74, 6) is 0.815. The van der Waals surface area contributed by atoms with E-state index in [0.717, 1.165) is 12.1 Å². The molecule has 0 radical (unpaired) electrons. The first-order valence-electron chi connectivity index (χ1n) is 7.53. The van der Waals surface area contributed by atoms with Gasteiger partial charge in [-0.2, -0.15) is 13.2 Å². The largest absolute Gasteiger partial charge is 0.678 e. The number of alkyl halides is 3. The Morgan fingerprint density at radius 1 is 1.08 bits per heavy atom. The van der Waals surface area contributed by atoms with E-state index < -0.39 is 30.5 Å². The van der Waals surface area contributed by atoms with E-state index in [-0.39, 0.29) is 21.9 Å². The van der Waals surface area contributed by atoms with Crippen molar-refractivity contribution >= 4 is 30.2 Å². The molecule has 1 aliphatic heterocycles. The number of aryl methyl sites for hydroxylation is 2. The van der Waals surface area contributed by atoms with Gasteiger partial charge in [-0.15, -0.1) is 0 Å². The normalized spacial score (nSPS) is 15.8. The van der Waals surface area contributed by atoms with E-state index in [9.17, 15) is 21.8 Å². The van der Waals surface area contributed by atoms with E-state index in [1.807, 2.05) is 0 Å². The van der Waals surface area contributed by atoms with E-state index in [0.29, 0.717) is 16.0 Å². The maximum Gasteiger partial charge on any atom is 0.678 e. The van der Waals surface area contributed by atoms with E-state index in [1.165, 1.54) is 19.1 Å². The Labute approximate surface area is 143 Å². The summed E-state index contributed by atoms with van der Waals surface area (Å²) >= 11 is 0. The van der Waals surface area contributed by atoms with Crippen molar-refractivity contribution < 1.29 is 30.6 Å². The van der Waals surface area contributed by atoms with Crippen LogP contribution in [0.2, 0.25) is 0 Å². The van der Waals surface area contributed by atoms with Crippen LogP contribution in [0.25, 0.3) is 22.7 Å². The number of hydrogen-bond donors (Lipinski definition) is 0. The van der Waals surface area contributed by atoms with Gasteiger partial charge in [0.15, 0.2) is 11.0 Å². The minimum atomic E-state index is -4.91. The first-order valence-corrected chi connectivity index (χ1v) is 7.53.